The number of halogens is 1. The molecule has 1 heterocycles. The number of esters is 1. The first-order valence-electron chi connectivity index (χ1n) is 10.2. The van der Waals surface area contributed by atoms with Crippen molar-refractivity contribution >= 4 is 28.5 Å². The molecule has 0 amide bonds. The Hall–Kier alpha value is -3.17. The van der Waals surface area contributed by atoms with Crippen LogP contribution in [0.25, 0.3) is 22.2 Å². The fourth-order valence-corrected chi connectivity index (χ4v) is 4.08. The van der Waals surface area contributed by atoms with Gasteiger partial charge in [-0.25, -0.2) is 9.78 Å². The quantitative estimate of drug-likeness (QED) is 0.253. The molecule has 0 spiro atoms. The molecule has 0 N–H and O–H groups in total. The molecular formula is C27H24ClNO2. The maximum Gasteiger partial charge on any atom is 0.344 e. The molecule has 0 aliphatic heterocycles. The highest BCUT2D eigenvalue weighted by Gasteiger charge is 2.22. The van der Waals surface area contributed by atoms with Crippen LogP contribution in [0.2, 0.25) is 5.02 Å². The second kappa shape index (κ2) is 8.16. The summed E-state index contributed by atoms with van der Waals surface area (Å²) in [4.78, 5) is 18.4. The number of hydrogen-bond acceptors (Lipinski definition) is 3. The maximum absolute atomic E-state index is 13.5. The smallest absolute Gasteiger partial charge is 0.344 e. The van der Waals surface area contributed by atoms with Crippen LogP contribution in [0.4, 0.5) is 0 Å². The van der Waals surface area contributed by atoms with Crippen LogP contribution in [0, 0.1) is 34.6 Å². The minimum atomic E-state index is -0.376. The monoisotopic (exact) mass is 429 g/mol. The summed E-state index contributed by atoms with van der Waals surface area (Å²) in [6.45, 7) is 9.93. The van der Waals surface area contributed by atoms with Gasteiger partial charge in [0, 0.05) is 16.0 Å². The zero-order valence-electron chi connectivity index (χ0n) is 18.3. The van der Waals surface area contributed by atoms with Gasteiger partial charge in [-0.05, 0) is 81.1 Å². The first-order valence-corrected chi connectivity index (χ1v) is 10.6. The lowest BCUT2D eigenvalue weighted by atomic mass is 9.95. The first-order chi connectivity index (χ1) is 14.8. The Morgan fingerprint density at radius 2 is 1.58 bits per heavy atom. The third-order valence-corrected chi connectivity index (χ3v) is 6.00. The molecule has 4 aromatic rings. The Morgan fingerprint density at radius 3 is 2.29 bits per heavy atom. The Bertz CT molecular complexity index is 1320. The standard InChI is InChI=1S/C27H24ClNO2/c1-15-13-17(3)25-22(14-15)24(27(30)31-23-8-6-7-16(2)18(23)4)19(5)26(29-25)20-9-11-21(28)12-10-20/h6-14H,1-5H3. The minimum Gasteiger partial charge on any atom is -0.423 e. The Labute approximate surface area is 187 Å². The number of fused-ring (bicyclic) bond motifs is 1. The lowest BCUT2D eigenvalue weighted by molar-refractivity contribution is 0.0735. The van der Waals surface area contributed by atoms with E-state index in [2.05, 4.69) is 6.07 Å². The molecule has 156 valence electrons. The topological polar surface area (TPSA) is 39.2 Å². The number of aryl methyl sites for hydroxylation is 3. The number of carbonyl (C=O) groups excluding carboxylic acids is 1. The van der Waals surface area contributed by atoms with E-state index in [0.29, 0.717) is 16.3 Å². The van der Waals surface area contributed by atoms with Crippen LogP contribution in [-0.4, -0.2) is 11.0 Å². The Morgan fingerprint density at radius 1 is 0.871 bits per heavy atom. The molecule has 0 aliphatic rings. The van der Waals surface area contributed by atoms with E-state index < -0.39 is 0 Å². The zero-order chi connectivity index (χ0) is 22.3. The number of hydrogen-bond donors (Lipinski definition) is 0. The molecule has 0 fully saturated rings. The summed E-state index contributed by atoms with van der Waals surface area (Å²) in [5.74, 6) is 0.200. The summed E-state index contributed by atoms with van der Waals surface area (Å²) in [7, 11) is 0. The molecule has 1 aromatic heterocycles. The van der Waals surface area contributed by atoms with Gasteiger partial charge in [-0.3, -0.25) is 0 Å². The molecule has 0 saturated heterocycles. The van der Waals surface area contributed by atoms with E-state index in [1.165, 1.54) is 0 Å². The van der Waals surface area contributed by atoms with Gasteiger partial charge in [-0.15, -0.1) is 0 Å². The van der Waals surface area contributed by atoms with Crippen molar-refractivity contribution in [3.05, 3.63) is 93.0 Å². The summed E-state index contributed by atoms with van der Waals surface area (Å²) in [5, 5.41) is 1.46. The van der Waals surface area contributed by atoms with Gasteiger partial charge < -0.3 is 4.74 Å². The van der Waals surface area contributed by atoms with E-state index >= 15 is 0 Å². The number of ether oxygens (including phenoxy) is 1. The molecule has 3 aromatic carbocycles. The van der Waals surface area contributed by atoms with E-state index in [9.17, 15) is 4.79 Å². The normalized spacial score (nSPS) is 11.0. The van der Waals surface area contributed by atoms with Gasteiger partial charge in [0.1, 0.15) is 5.75 Å². The van der Waals surface area contributed by atoms with Crippen LogP contribution in [-0.2, 0) is 0 Å². The first kappa shape index (κ1) is 21.1. The second-order valence-electron chi connectivity index (χ2n) is 8.03. The maximum atomic E-state index is 13.5. The van der Waals surface area contributed by atoms with Crippen LogP contribution < -0.4 is 4.74 Å². The third-order valence-electron chi connectivity index (χ3n) is 5.75. The predicted molar refractivity (Wildman–Crippen MR) is 127 cm³/mol. The predicted octanol–water partition coefficient (Wildman–Crippen LogP) is 7.32. The lowest BCUT2D eigenvalue weighted by Crippen LogP contribution is -2.14. The van der Waals surface area contributed by atoms with E-state index in [0.717, 1.165) is 50.0 Å². The van der Waals surface area contributed by atoms with Gasteiger partial charge in [0.25, 0.3) is 0 Å². The number of nitrogens with zero attached hydrogens (tertiary/aromatic N) is 1. The Balaban J connectivity index is 1.95. The van der Waals surface area contributed by atoms with Crippen molar-refractivity contribution in [3.8, 4) is 17.0 Å². The summed E-state index contributed by atoms with van der Waals surface area (Å²) < 4.78 is 5.90. The molecule has 4 heteroatoms. The summed E-state index contributed by atoms with van der Waals surface area (Å²) in [6.07, 6.45) is 0. The highest BCUT2D eigenvalue weighted by molar-refractivity contribution is 6.30. The van der Waals surface area contributed by atoms with Crippen LogP contribution in [0.3, 0.4) is 0 Å². The average molecular weight is 430 g/mol. The number of benzene rings is 3. The molecular weight excluding hydrogens is 406 g/mol. The summed E-state index contributed by atoms with van der Waals surface area (Å²) in [5.41, 5.74) is 7.92. The van der Waals surface area contributed by atoms with Crippen molar-refractivity contribution in [1.82, 2.24) is 4.98 Å². The lowest BCUT2D eigenvalue weighted by Gasteiger charge is -2.17. The van der Waals surface area contributed by atoms with E-state index in [-0.39, 0.29) is 5.97 Å². The van der Waals surface area contributed by atoms with Crippen LogP contribution in [0.5, 0.6) is 5.75 Å². The zero-order valence-corrected chi connectivity index (χ0v) is 19.1. The van der Waals surface area contributed by atoms with Crippen molar-refractivity contribution < 1.29 is 9.53 Å². The van der Waals surface area contributed by atoms with Crippen molar-refractivity contribution in [3.63, 3.8) is 0 Å². The molecule has 0 bridgehead atoms. The van der Waals surface area contributed by atoms with E-state index in [4.69, 9.17) is 21.3 Å². The molecule has 31 heavy (non-hydrogen) atoms. The van der Waals surface area contributed by atoms with Crippen molar-refractivity contribution in [2.45, 2.75) is 34.6 Å². The minimum absolute atomic E-state index is 0.376. The number of carbonyl (C=O) groups is 1. The molecule has 0 atom stereocenters. The largest absolute Gasteiger partial charge is 0.423 e. The van der Waals surface area contributed by atoms with E-state index in [1.54, 1.807) is 0 Å². The van der Waals surface area contributed by atoms with Gasteiger partial charge in [-0.1, -0.05) is 47.5 Å². The van der Waals surface area contributed by atoms with E-state index in [1.807, 2.05) is 83.1 Å². The highest BCUT2D eigenvalue weighted by Crippen LogP contribution is 2.33. The Kier molecular flexibility index (Phi) is 5.55. The molecule has 4 rings (SSSR count). The molecule has 0 aliphatic carbocycles. The third kappa shape index (κ3) is 3.94. The second-order valence-corrected chi connectivity index (χ2v) is 8.47. The fourth-order valence-electron chi connectivity index (χ4n) is 3.95. The van der Waals surface area contributed by atoms with Gasteiger partial charge in [0.2, 0.25) is 0 Å². The van der Waals surface area contributed by atoms with Crippen LogP contribution in [0.15, 0.2) is 54.6 Å². The summed E-state index contributed by atoms with van der Waals surface area (Å²) >= 11 is 6.08. The molecule has 3 nitrogen and oxygen atoms in total. The molecule has 0 saturated carbocycles. The van der Waals surface area contributed by atoms with Crippen molar-refractivity contribution in [2.75, 3.05) is 0 Å². The number of pyridine rings is 1. The van der Waals surface area contributed by atoms with Crippen LogP contribution in [0.1, 0.15) is 38.2 Å². The molecule has 0 unspecified atom stereocenters. The van der Waals surface area contributed by atoms with Gasteiger partial charge in [-0.2, -0.15) is 0 Å². The average Bonchev–Trinajstić information content (AvgIpc) is 2.71. The van der Waals surface area contributed by atoms with Crippen molar-refractivity contribution in [2.24, 2.45) is 0 Å². The van der Waals surface area contributed by atoms with Gasteiger partial charge in [0.15, 0.2) is 0 Å². The summed E-state index contributed by atoms with van der Waals surface area (Å²) in [6, 6.07) is 17.3. The van der Waals surface area contributed by atoms with Crippen molar-refractivity contribution in [1.29, 1.82) is 0 Å². The highest BCUT2D eigenvalue weighted by atomic mass is 35.5. The molecule has 0 radical (unpaired) electrons. The number of rotatable bonds is 3. The van der Waals surface area contributed by atoms with Crippen LogP contribution >= 0.6 is 11.6 Å². The van der Waals surface area contributed by atoms with Gasteiger partial charge in [0.05, 0.1) is 16.8 Å². The SMILES string of the molecule is Cc1cc(C)c2nc(-c3ccc(Cl)cc3)c(C)c(C(=O)Oc3cccc(C)c3C)c2c1. The fraction of sp³-hybridized carbons (Fsp3) is 0.185. The number of aromatic nitrogens is 1. The van der Waals surface area contributed by atoms with Gasteiger partial charge >= 0.3 is 5.97 Å².